The van der Waals surface area contributed by atoms with Gasteiger partial charge in [-0.3, -0.25) is 0 Å². The van der Waals surface area contributed by atoms with Gasteiger partial charge < -0.3 is 0 Å². The van der Waals surface area contributed by atoms with E-state index in [0.29, 0.717) is 18.2 Å². The zero-order valence-electron chi connectivity index (χ0n) is 11.6. The van der Waals surface area contributed by atoms with Gasteiger partial charge in [-0.15, -0.1) is 23.2 Å². The van der Waals surface area contributed by atoms with Crippen molar-refractivity contribution >= 4 is 49.0 Å². The first kappa shape index (κ1) is 18.3. The molecule has 0 unspecified atom stereocenters. The summed E-state index contributed by atoms with van der Waals surface area (Å²) in [5, 5.41) is -0.379. The van der Waals surface area contributed by atoms with Gasteiger partial charge in [0, 0.05) is 21.6 Å². The van der Waals surface area contributed by atoms with E-state index in [2.05, 4.69) is 15.9 Å². The molecule has 0 saturated carbocycles. The highest BCUT2D eigenvalue weighted by molar-refractivity contribution is 9.10. The van der Waals surface area contributed by atoms with Gasteiger partial charge in [-0.25, -0.2) is 8.42 Å². The van der Waals surface area contributed by atoms with Crippen molar-refractivity contribution in [3.63, 3.8) is 0 Å². The molecular formula is C14H19BrCl2O2S. The predicted molar refractivity (Wildman–Crippen MR) is 90.8 cm³/mol. The topological polar surface area (TPSA) is 34.1 Å². The number of alkyl halides is 2. The van der Waals surface area contributed by atoms with Crippen LogP contribution in [0.3, 0.4) is 0 Å². The summed E-state index contributed by atoms with van der Waals surface area (Å²) >= 11 is 15.6. The van der Waals surface area contributed by atoms with E-state index in [9.17, 15) is 8.42 Å². The molecular weight excluding hydrogens is 383 g/mol. The molecule has 0 aliphatic rings. The average molecular weight is 402 g/mol. The molecule has 6 heteroatoms. The maximum Gasteiger partial charge on any atom is 0.152 e. The Morgan fingerprint density at radius 2 is 1.65 bits per heavy atom. The smallest absolute Gasteiger partial charge is 0.152 e. The summed E-state index contributed by atoms with van der Waals surface area (Å²) in [4.78, 5) is 0. The summed E-state index contributed by atoms with van der Waals surface area (Å²) < 4.78 is 25.0. The number of hydrogen-bond acceptors (Lipinski definition) is 2. The van der Waals surface area contributed by atoms with Crippen LogP contribution in [0.1, 0.15) is 25.8 Å². The van der Waals surface area contributed by atoms with Crippen molar-refractivity contribution in [2.75, 3.05) is 17.5 Å². The predicted octanol–water partition coefficient (Wildman–Crippen LogP) is 4.38. The molecule has 0 N–H and O–H groups in total. The molecule has 1 aromatic carbocycles. The molecule has 0 amide bonds. The lowest BCUT2D eigenvalue weighted by Crippen LogP contribution is -2.34. The van der Waals surface area contributed by atoms with Crippen LogP contribution in [0.4, 0.5) is 0 Å². The van der Waals surface area contributed by atoms with Gasteiger partial charge in [0.2, 0.25) is 0 Å². The Morgan fingerprint density at radius 3 is 2.05 bits per heavy atom. The van der Waals surface area contributed by atoms with Crippen molar-refractivity contribution < 1.29 is 8.42 Å². The summed E-state index contributed by atoms with van der Waals surface area (Å²) in [6.07, 6.45) is 0.433. The second-order valence-electron chi connectivity index (χ2n) is 5.22. The van der Waals surface area contributed by atoms with Crippen molar-refractivity contribution in [1.82, 2.24) is 0 Å². The fourth-order valence-corrected chi connectivity index (χ4v) is 4.12. The van der Waals surface area contributed by atoms with Crippen LogP contribution in [0.2, 0.25) is 0 Å². The summed E-state index contributed by atoms with van der Waals surface area (Å²) in [6, 6.07) is 7.72. The van der Waals surface area contributed by atoms with Crippen LogP contribution >= 0.6 is 39.1 Å². The second kappa shape index (κ2) is 7.48. The van der Waals surface area contributed by atoms with Crippen LogP contribution in [0.15, 0.2) is 28.7 Å². The zero-order valence-corrected chi connectivity index (χ0v) is 15.5. The van der Waals surface area contributed by atoms with Crippen LogP contribution in [-0.4, -0.2) is 31.2 Å². The summed E-state index contributed by atoms with van der Waals surface area (Å²) in [6.45, 7) is 3.38. The molecule has 0 heterocycles. The van der Waals surface area contributed by atoms with E-state index < -0.39 is 15.3 Å². The number of rotatable bonds is 7. The summed E-state index contributed by atoms with van der Waals surface area (Å²) in [7, 11) is -3.09. The molecule has 0 fully saturated rings. The van der Waals surface area contributed by atoms with Gasteiger partial charge >= 0.3 is 0 Å². The standard InChI is InChI=1S/C14H19BrCl2O2S/c1-11(2)20(18,19)8-7-14(9-16,10-17)12-3-5-13(15)6-4-12/h3-6,11H,7-10H2,1-2H3. The minimum absolute atomic E-state index is 0.0974. The number of sulfone groups is 1. The van der Waals surface area contributed by atoms with Gasteiger partial charge in [0.1, 0.15) is 0 Å². The van der Waals surface area contributed by atoms with Crippen molar-refractivity contribution in [3.05, 3.63) is 34.3 Å². The number of halogens is 3. The molecule has 1 rings (SSSR count). The van der Waals surface area contributed by atoms with Gasteiger partial charge in [0.25, 0.3) is 0 Å². The first-order valence-corrected chi connectivity index (χ1v) is 9.95. The molecule has 0 atom stereocenters. The molecule has 0 aromatic heterocycles. The SMILES string of the molecule is CC(C)S(=O)(=O)CCC(CCl)(CCl)c1ccc(Br)cc1. The van der Waals surface area contributed by atoms with Crippen molar-refractivity contribution in [2.45, 2.75) is 30.9 Å². The first-order valence-electron chi connectivity index (χ1n) is 6.37. The Bertz CT molecular complexity index is 523. The Balaban J connectivity index is 3.01. The molecule has 0 aliphatic heterocycles. The van der Waals surface area contributed by atoms with Gasteiger partial charge in [0.05, 0.1) is 11.0 Å². The highest BCUT2D eigenvalue weighted by Gasteiger charge is 2.33. The Hall–Kier alpha value is 0.230. The summed E-state index contributed by atoms with van der Waals surface area (Å²) in [5.74, 6) is 0.692. The van der Waals surface area contributed by atoms with Crippen molar-refractivity contribution in [3.8, 4) is 0 Å². The molecule has 2 nitrogen and oxygen atoms in total. The molecule has 114 valence electrons. The maximum absolute atomic E-state index is 12.0. The normalized spacial score (nSPS) is 12.9. The van der Waals surface area contributed by atoms with E-state index in [1.807, 2.05) is 24.3 Å². The lowest BCUT2D eigenvalue weighted by atomic mass is 9.82. The molecule has 0 aliphatic carbocycles. The third-order valence-corrected chi connectivity index (χ3v) is 7.31. The van der Waals surface area contributed by atoms with Crippen LogP contribution in [0.25, 0.3) is 0 Å². The van der Waals surface area contributed by atoms with E-state index >= 15 is 0 Å². The lowest BCUT2D eigenvalue weighted by Gasteiger charge is -2.30. The molecule has 0 saturated heterocycles. The third kappa shape index (κ3) is 4.36. The monoisotopic (exact) mass is 400 g/mol. The number of benzene rings is 1. The minimum atomic E-state index is -3.09. The van der Waals surface area contributed by atoms with Crippen LogP contribution < -0.4 is 0 Å². The van der Waals surface area contributed by atoms with Gasteiger partial charge in [-0.2, -0.15) is 0 Å². The van der Waals surface area contributed by atoms with Crippen LogP contribution in [0, 0.1) is 0 Å². The molecule has 0 radical (unpaired) electrons. The van der Waals surface area contributed by atoms with Gasteiger partial charge in [-0.05, 0) is 38.0 Å². The Labute approximate surface area is 139 Å². The molecule has 0 bridgehead atoms. The van der Waals surface area contributed by atoms with Crippen molar-refractivity contribution in [2.24, 2.45) is 0 Å². The van der Waals surface area contributed by atoms with Crippen LogP contribution in [-0.2, 0) is 15.3 Å². The lowest BCUT2D eigenvalue weighted by molar-refractivity contribution is 0.509. The van der Waals surface area contributed by atoms with E-state index in [0.717, 1.165) is 10.0 Å². The Morgan fingerprint density at radius 1 is 1.15 bits per heavy atom. The van der Waals surface area contributed by atoms with Gasteiger partial charge in [-0.1, -0.05) is 28.1 Å². The number of hydrogen-bond donors (Lipinski definition) is 0. The fraction of sp³-hybridized carbons (Fsp3) is 0.571. The van der Waals surface area contributed by atoms with Crippen LogP contribution in [0.5, 0.6) is 0 Å². The van der Waals surface area contributed by atoms with Crippen molar-refractivity contribution in [1.29, 1.82) is 0 Å². The fourth-order valence-electron chi connectivity index (χ4n) is 1.84. The highest BCUT2D eigenvalue weighted by Crippen LogP contribution is 2.33. The molecule has 0 spiro atoms. The largest absolute Gasteiger partial charge is 0.229 e. The molecule has 20 heavy (non-hydrogen) atoms. The maximum atomic E-state index is 12.0. The minimum Gasteiger partial charge on any atom is -0.229 e. The second-order valence-corrected chi connectivity index (χ2v) is 9.35. The molecule has 1 aromatic rings. The van der Waals surface area contributed by atoms with E-state index in [-0.39, 0.29) is 11.0 Å². The van der Waals surface area contributed by atoms with E-state index in [1.165, 1.54) is 0 Å². The quantitative estimate of drug-likeness (QED) is 0.635. The van der Waals surface area contributed by atoms with Gasteiger partial charge in [0.15, 0.2) is 9.84 Å². The zero-order chi connectivity index (χ0) is 15.4. The summed E-state index contributed by atoms with van der Waals surface area (Å²) in [5.41, 5.74) is 0.468. The average Bonchev–Trinajstić information content (AvgIpc) is 2.42. The first-order chi connectivity index (χ1) is 9.27. The highest BCUT2D eigenvalue weighted by atomic mass is 79.9. The van der Waals surface area contributed by atoms with E-state index in [4.69, 9.17) is 23.2 Å². The van der Waals surface area contributed by atoms with E-state index in [1.54, 1.807) is 13.8 Å². The third-order valence-electron chi connectivity index (χ3n) is 3.55. The Kier molecular flexibility index (Phi) is 6.84.